The highest BCUT2D eigenvalue weighted by molar-refractivity contribution is 6.69. The van der Waals surface area contributed by atoms with Crippen LogP contribution in [0.1, 0.15) is 24.2 Å². The predicted octanol–water partition coefficient (Wildman–Crippen LogP) is 5.82. The highest BCUT2D eigenvalue weighted by atomic mass is 28.4. The second kappa shape index (κ2) is 12.0. The first-order valence-electron chi connectivity index (χ1n) is 11.1. The zero-order valence-corrected chi connectivity index (χ0v) is 22.8. The van der Waals surface area contributed by atoms with Crippen molar-refractivity contribution in [1.29, 1.82) is 0 Å². The smallest absolute Gasteiger partial charge is 0.203 e. The minimum Gasteiger partial charge on any atom is -0.493 e. The molecular formula is C26H38O7Si. The van der Waals surface area contributed by atoms with Crippen LogP contribution < -0.4 is 28.4 Å². The third-order valence-electron chi connectivity index (χ3n) is 5.13. The summed E-state index contributed by atoms with van der Waals surface area (Å²) in [5.41, 5.74) is 1.87. The number of allylic oxidation sites excluding steroid dienone is 1. The van der Waals surface area contributed by atoms with E-state index in [4.69, 9.17) is 32.8 Å². The van der Waals surface area contributed by atoms with Crippen LogP contribution in [0.4, 0.5) is 0 Å². The average Bonchev–Trinajstić information content (AvgIpc) is 2.81. The lowest BCUT2D eigenvalue weighted by atomic mass is 10.0. The largest absolute Gasteiger partial charge is 0.493 e. The molecule has 0 aliphatic heterocycles. The second-order valence-corrected chi connectivity index (χ2v) is 13.2. The summed E-state index contributed by atoms with van der Waals surface area (Å²) in [6, 6.07) is 7.65. The van der Waals surface area contributed by atoms with E-state index in [0.717, 1.165) is 11.1 Å². The summed E-state index contributed by atoms with van der Waals surface area (Å²) in [5, 5.41) is 0. The lowest BCUT2D eigenvalue weighted by Crippen LogP contribution is -2.35. The maximum atomic E-state index is 6.61. The molecule has 2 aromatic rings. The Morgan fingerprint density at radius 3 is 1.62 bits per heavy atom. The number of hydrogen-bond acceptors (Lipinski definition) is 7. The molecule has 0 aliphatic rings. The Morgan fingerprint density at radius 2 is 1.24 bits per heavy atom. The number of benzene rings is 2. The van der Waals surface area contributed by atoms with Crippen LogP contribution in [-0.4, -0.2) is 50.0 Å². The molecule has 0 heterocycles. The van der Waals surface area contributed by atoms with Gasteiger partial charge >= 0.3 is 0 Å². The molecule has 2 unspecified atom stereocenters. The van der Waals surface area contributed by atoms with Gasteiger partial charge in [-0.25, -0.2) is 0 Å². The second-order valence-electron chi connectivity index (χ2n) is 8.75. The van der Waals surface area contributed by atoms with Crippen molar-refractivity contribution in [2.24, 2.45) is 0 Å². The highest BCUT2D eigenvalue weighted by Gasteiger charge is 2.31. The van der Waals surface area contributed by atoms with Crippen molar-refractivity contribution in [3.8, 4) is 34.5 Å². The van der Waals surface area contributed by atoms with Crippen LogP contribution in [0.3, 0.4) is 0 Å². The van der Waals surface area contributed by atoms with Crippen molar-refractivity contribution in [2.45, 2.75) is 45.2 Å². The normalized spacial score (nSPS) is 13.0. The van der Waals surface area contributed by atoms with Crippen LogP contribution in [0.5, 0.6) is 34.5 Å². The number of methoxy groups -OCH3 is 5. The lowest BCUT2D eigenvalue weighted by Gasteiger charge is -2.32. The molecule has 0 fully saturated rings. The van der Waals surface area contributed by atoms with Gasteiger partial charge in [-0.1, -0.05) is 6.08 Å². The van der Waals surface area contributed by atoms with Crippen LogP contribution in [0, 0.1) is 0 Å². The zero-order valence-electron chi connectivity index (χ0n) is 21.8. The molecule has 34 heavy (non-hydrogen) atoms. The molecule has 0 aromatic heterocycles. The maximum absolute atomic E-state index is 6.61. The number of rotatable bonds is 13. The molecule has 2 aromatic carbocycles. The van der Waals surface area contributed by atoms with E-state index in [1.165, 1.54) is 0 Å². The van der Waals surface area contributed by atoms with Crippen LogP contribution in [0.2, 0.25) is 19.6 Å². The third kappa shape index (κ3) is 6.61. The Morgan fingerprint density at radius 1 is 0.765 bits per heavy atom. The first kappa shape index (κ1) is 27.4. The molecule has 0 radical (unpaired) electrons. The summed E-state index contributed by atoms with van der Waals surface area (Å²) in [6.07, 6.45) is 1.71. The summed E-state index contributed by atoms with van der Waals surface area (Å²) >= 11 is 0. The summed E-state index contributed by atoms with van der Waals surface area (Å²) in [4.78, 5) is 0. The Bertz CT molecular complexity index is 918. The molecule has 0 amide bonds. The van der Waals surface area contributed by atoms with E-state index in [2.05, 4.69) is 26.2 Å². The quantitative estimate of drug-likeness (QED) is 0.259. The molecule has 2 rings (SSSR count). The molecule has 8 heteroatoms. The van der Waals surface area contributed by atoms with Crippen LogP contribution >= 0.6 is 0 Å². The lowest BCUT2D eigenvalue weighted by molar-refractivity contribution is 0.0557. The van der Waals surface area contributed by atoms with Crippen molar-refractivity contribution in [3.05, 3.63) is 48.0 Å². The Balaban J connectivity index is 2.56. The van der Waals surface area contributed by atoms with Gasteiger partial charge in [0.25, 0.3) is 0 Å². The van der Waals surface area contributed by atoms with E-state index in [1.54, 1.807) is 35.5 Å². The molecule has 0 bridgehead atoms. The van der Waals surface area contributed by atoms with E-state index < -0.39 is 20.5 Å². The summed E-state index contributed by atoms with van der Waals surface area (Å²) < 4.78 is 41.0. The van der Waals surface area contributed by atoms with Crippen LogP contribution in [0.25, 0.3) is 0 Å². The molecular weight excluding hydrogens is 452 g/mol. The van der Waals surface area contributed by atoms with Gasteiger partial charge < -0.3 is 32.8 Å². The van der Waals surface area contributed by atoms with Gasteiger partial charge in [0.1, 0.15) is 12.2 Å². The van der Waals surface area contributed by atoms with E-state index in [-0.39, 0.29) is 0 Å². The van der Waals surface area contributed by atoms with Crippen molar-refractivity contribution in [3.63, 3.8) is 0 Å². The minimum atomic E-state index is -1.99. The van der Waals surface area contributed by atoms with Gasteiger partial charge in [-0.3, -0.25) is 0 Å². The Labute approximate surface area is 204 Å². The van der Waals surface area contributed by atoms with Crippen molar-refractivity contribution in [1.82, 2.24) is 0 Å². The Hall–Kier alpha value is -2.84. The number of hydrogen-bond donors (Lipinski definition) is 0. The average molecular weight is 491 g/mol. The van der Waals surface area contributed by atoms with E-state index in [0.29, 0.717) is 40.9 Å². The van der Waals surface area contributed by atoms with Gasteiger partial charge in [0, 0.05) is 0 Å². The molecule has 0 aliphatic carbocycles. The van der Waals surface area contributed by atoms with E-state index >= 15 is 0 Å². The first-order chi connectivity index (χ1) is 16.1. The molecule has 0 saturated carbocycles. The van der Waals surface area contributed by atoms with Gasteiger partial charge in [0.2, 0.25) is 11.5 Å². The predicted molar refractivity (Wildman–Crippen MR) is 137 cm³/mol. The fraction of sp³-hybridized carbons (Fsp3) is 0.462. The topological polar surface area (TPSA) is 64.6 Å². The zero-order chi connectivity index (χ0) is 25.5. The van der Waals surface area contributed by atoms with Gasteiger partial charge in [-0.2, -0.15) is 0 Å². The molecule has 2 atom stereocenters. The third-order valence-corrected chi connectivity index (χ3v) is 6.09. The van der Waals surface area contributed by atoms with E-state index in [9.17, 15) is 0 Å². The van der Waals surface area contributed by atoms with Gasteiger partial charge in [-0.05, 0) is 68.4 Å². The van der Waals surface area contributed by atoms with Gasteiger partial charge in [0.15, 0.2) is 31.3 Å². The summed E-state index contributed by atoms with van der Waals surface area (Å²) in [5.74, 6) is 3.31. The van der Waals surface area contributed by atoms with Gasteiger partial charge in [0.05, 0.1) is 35.5 Å². The summed E-state index contributed by atoms with van der Waals surface area (Å²) in [7, 11) is 6.00. The Kier molecular flexibility index (Phi) is 9.70. The molecule has 7 nitrogen and oxygen atoms in total. The SMILES string of the molecule is C=CCc1cc(OC)c(OC(C)C(O[Si](C)(C)C)c2cc(OC)c(OC)c(OC)c2)c(OC)c1. The van der Waals surface area contributed by atoms with Crippen molar-refractivity contribution in [2.75, 3.05) is 35.5 Å². The minimum absolute atomic E-state index is 0.400. The summed E-state index contributed by atoms with van der Waals surface area (Å²) in [6.45, 7) is 12.2. The number of ether oxygens (including phenoxy) is 6. The van der Waals surface area contributed by atoms with Crippen LogP contribution in [0.15, 0.2) is 36.9 Å². The van der Waals surface area contributed by atoms with Crippen molar-refractivity contribution < 1.29 is 32.8 Å². The highest BCUT2D eigenvalue weighted by Crippen LogP contribution is 2.44. The molecule has 0 saturated heterocycles. The standard InChI is InChI=1S/C26H38O7Si/c1-11-12-18-13-20(27-3)26(21(14-18)28-4)32-17(2)24(33-34(8,9)10)19-15-22(29-5)25(31-7)23(16-19)30-6/h11,13-17,24H,1,12H2,2-10H3. The monoisotopic (exact) mass is 490 g/mol. The fourth-order valence-electron chi connectivity index (χ4n) is 3.66. The molecule has 0 N–H and O–H groups in total. The van der Waals surface area contributed by atoms with E-state index in [1.807, 2.05) is 37.3 Å². The molecule has 188 valence electrons. The maximum Gasteiger partial charge on any atom is 0.203 e. The molecule has 0 spiro atoms. The van der Waals surface area contributed by atoms with Crippen LogP contribution in [-0.2, 0) is 10.8 Å². The van der Waals surface area contributed by atoms with Crippen molar-refractivity contribution >= 4 is 8.32 Å². The van der Waals surface area contributed by atoms with Gasteiger partial charge in [-0.15, -0.1) is 6.58 Å². The fourth-order valence-corrected chi connectivity index (χ4v) is 4.75. The first-order valence-corrected chi connectivity index (χ1v) is 14.5.